The molecule has 0 spiro atoms. The molecule has 20 heavy (non-hydrogen) atoms. The van der Waals surface area contributed by atoms with Crippen LogP contribution in [0.4, 0.5) is 0 Å². The Morgan fingerprint density at radius 1 is 1.05 bits per heavy atom. The highest BCUT2D eigenvalue weighted by molar-refractivity contribution is 5.60. The molecule has 2 aromatic rings. The molecule has 0 bridgehead atoms. The summed E-state index contributed by atoms with van der Waals surface area (Å²) < 4.78 is 0. The third-order valence-corrected chi connectivity index (χ3v) is 3.95. The summed E-state index contributed by atoms with van der Waals surface area (Å²) in [6.07, 6.45) is 2.61. The molecule has 0 atom stereocenters. The summed E-state index contributed by atoms with van der Waals surface area (Å²) in [5.74, 6) is 0.841. The van der Waals surface area contributed by atoms with E-state index in [1.54, 1.807) is 0 Å². The van der Waals surface area contributed by atoms with Crippen molar-refractivity contribution in [2.45, 2.75) is 46.2 Å². The minimum absolute atomic E-state index is 0.713. The Morgan fingerprint density at radius 3 is 2.30 bits per heavy atom. The zero-order valence-corrected chi connectivity index (χ0v) is 12.4. The number of hydrogen-bond donors (Lipinski definition) is 1. The van der Waals surface area contributed by atoms with E-state index in [1.807, 2.05) is 12.1 Å². The molecule has 0 unspecified atom stereocenters. The van der Waals surface area contributed by atoms with Gasteiger partial charge in [-0.1, -0.05) is 24.3 Å². The molecule has 1 aromatic carbocycles. The first-order valence-electron chi connectivity index (χ1n) is 7.28. The maximum absolute atomic E-state index is 4.71. The van der Waals surface area contributed by atoms with Gasteiger partial charge in [-0.3, -0.25) is 0 Å². The molecule has 0 radical (unpaired) electrons. The summed E-state index contributed by atoms with van der Waals surface area (Å²) in [6, 6.07) is 8.99. The quantitative estimate of drug-likeness (QED) is 0.923. The van der Waals surface area contributed by atoms with Crippen molar-refractivity contribution in [3.05, 3.63) is 46.8 Å². The molecule has 1 saturated carbocycles. The Morgan fingerprint density at radius 2 is 1.70 bits per heavy atom. The smallest absolute Gasteiger partial charge is 0.159 e. The molecule has 1 aliphatic rings. The molecular weight excluding hydrogens is 246 g/mol. The van der Waals surface area contributed by atoms with Gasteiger partial charge in [0.1, 0.15) is 0 Å². The molecule has 0 amide bonds. The predicted molar refractivity (Wildman–Crippen MR) is 81.5 cm³/mol. The number of rotatable bonds is 4. The van der Waals surface area contributed by atoms with Gasteiger partial charge in [-0.15, -0.1) is 0 Å². The lowest BCUT2D eigenvalue weighted by Crippen LogP contribution is -2.18. The first-order chi connectivity index (χ1) is 9.65. The predicted octanol–water partition coefficient (Wildman–Crippen LogP) is 3.32. The Balaban J connectivity index is 1.92. The van der Waals surface area contributed by atoms with Gasteiger partial charge in [-0.2, -0.15) is 0 Å². The van der Waals surface area contributed by atoms with E-state index in [2.05, 4.69) is 38.2 Å². The van der Waals surface area contributed by atoms with Crippen molar-refractivity contribution >= 4 is 0 Å². The van der Waals surface area contributed by atoms with Crippen LogP contribution in [0.15, 0.2) is 24.3 Å². The van der Waals surface area contributed by atoms with Crippen molar-refractivity contribution in [1.29, 1.82) is 0 Å². The number of hydrogen-bond acceptors (Lipinski definition) is 3. The highest BCUT2D eigenvalue weighted by atomic mass is 15.0. The molecule has 1 aromatic heterocycles. The maximum Gasteiger partial charge on any atom is 0.159 e. The van der Waals surface area contributed by atoms with E-state index in [9.17, 15) is 0 Å². The lowest BCUT2D eigenvalue weighted by molar-refractivity contribution is 0.675. The van der Waals surface area contributed by atoms with Crippen molar-refractivity contribution < 1.29 is 0 Å². The standard InChI is InChI=1S/C17H21N3/c1-11-6-4-5-7-15(11)17-19-12(2)16(13(3)20-17)10-18-14-8-9-14/h4-7,14,18H,8-10H2,1-3H3. The van der Waals surface area contributed by atoms with Crippen LogP contribution in [-0.2, 0) is 6.54 Å². The summed E-state index contributed by atoms with van der Waals surface area (Å²) in [7, 11) is 0. The monoisotopic (exact) mass is 267 g/mol. The third kappa shape index (κ3) is 2.73. The van der Waals surface area contributed by atoms with Crippen molar-refractivity contribution in [2.24, 2.45) is 0 Å². The van der Waals surface area contributed by atoms with Gasteiger partial charge in [-0.05, 0) is 39.2 Å². The van der Waals surface area contributed by atoms with Gasteiger partial charge in [0.25, 0.3) is 0 Å². The summed E-state index contributed by atoms with van der Waals surface area (Å²) in [4.78, 5) is 9.42. The number of aromatic nitrogens is 2. The minimum atomic E-state index is 0.713. The van der Waals surface area contributed by atoms with Crippen LogP contribution in [0.1, 0.15) is 35.4 Å². The van der Waals surface area contributed by atoms with Crippen LogP contribution in [0.25, 0.3) is 11.4 Å². The lowest BCUT2D eigenvalue weighted by Gasteiger charge is -2.12. The van der Waals surface area contributed by atoms with E-state index < -0.39 is 0 Å². The fraction of sp³-hybridized carbons (Fsp3) is 0.412. The summed E-state index contributed by atoms with van der Waals surface area (Å²) in [5.41, 5.74) is 5.76. The van der Waals surface area contributed by atoms with Crippen molar-refractivity contribution in [1.82, 2.24) is 15.3 Å². The van der Waals surface area contributed by atoms with Crippen molar-refractivity contribution in [2.75, 3.05) is 0 Å². The van der Waals surface area contributed by atoms with Gasteiger partial charge < -0.3 is 5.32 Å². The third-order valence-electron chi connectivity index (χ3n) is 3.95. The summed E-state index contributed by atoms with van der Waals surface area (Å²) in [6.45, 7) is 7.16. The molecule has 104 valence electrons. The number of benzene rings is 1. The number of aryl methyl sites for hydroxylation is 3. The largest absolute Gasteiger partial charge is 0.310 e. The zero-order chi connectivity index (χ0) is 14.1. The average Bonchev–Trinajstić information content (AvgIpc) is 3.22. The summed E-state index contributed by atoms with van der Waals surface area (Å²) >= 11 is 0. The van der Waals surface area contributed by atoms with Crippen LogP contribution in [0.5, 0.6) is 0 Å². The van der Waals surface area contributed by atoms with Gasteiger partial charge in [-0.25, -0.2) is 9.97 Å². The SMILES string of the molecule is Cc1ccccc1-c1nc(C)c(CNC2CC2)c(C)n1. The van der Waals surface area contributed by atoms with Crippen LogP contribution in [0, 0.1) is 20.8 Å². The zero-order valence-electron chi connectivity index (χ0n) is 12.4. The van der Waals surface area contributed by atoms with E-state index >= 15 is 0 Å². The maximum atomic E-state index is 4.71. The highest BCUT2D eigenvalue weighted by Gasteiger charge is 2.21. The van der Waals surface area contributed by atoms with Crippen LogP contribution in [0.3, 0.4) is 0 Å². The Bertz CT molecular complexity index is 607. The fourth-order valence-electron chi connectivity index (χ4n) is 2.47. The van der Waals surface area contributed by atoms with Crippen molar-refractivity contribution in [3.8, 4) is 11.4 Å². The van der Waals surface area contributed by atoms with Crippen LogP contribution in [-0.4, -0.2) is 16.0 Å². The molecule has 1 fully saturated rings. The van der Waals surface area contributed by atoms with Gasteiger partial charge in [0.2, 0.25) is 0 Å². The Labute approximate surface area is 120 Å². The molecular formula is C17H21N3. The van der Waals surface area contributed by atoms with E-state index in [0.29, 0.717) is 6.04 Å². The van der Waals surface area contributed by atoms with E-state index in [4.69, 9.17) is 9.97 Å². The average molecular weight is 267 g/mol. The second kappa shape index (κ2) is 5.33. The van der Waals surface area contributed by atoms with Gasteiger partial charge in [0.05, 0.1) is 0 Å². The molecule has 1 heterocycles. The Hall–Kier alpha value is -1.74. The first kappa shape index (κ1) is 13.3. The highest BCUT2D eigenvalue weighted by Crippen LogP contribution is 2.23. The molecule has 3 rings (SSSR count). The molecule has 0 saturated heterocycles. The van der Waals surface area contributed by atoms with Crippen molar-refractivity contribution in [3.63, 3.8) is 0 Å². The molecule has 1 aliphatic carbocycles. The summed E-state index contributed by atoms with van der Waals surface area (Å²) in [5, 5.41) is 3.55. The van der Waals surface area contributed by atoms with Gasteiger partial charge in [0, 0.05) is 35.1 Å². The first-order valence-corrected chi connectivity index (χ1v) is 7.28. The molecule has 0 aliphatic heterocycles. The van der Waals surface area contributed by atoms with Crippen LogP contribution < -0.4 is 5.32 Å². The van der Waals surface area contributed by atoms with Gasteiger partial charge >= 0.3 is 0 Å². The Kier molecular flexibility index (Phi) is 3.53. The minimum Gasteiger partial charge on any atom is -0.310 e. The van der Waals surface area contributed by atoms with Crippen LogP contribution >= 0.6 is 0 Å². The number of nitrogens with zero attached hydrogens (tertiary/aromatic N) is 2. The van der Waals surface area contributed by atoms with E-state index in [0.717, 1.165) is 29.3 Å². The number of nitrogens with one attached hydrogen (secondary N) is 1. The second-order valence-electron chi connectivity index (χ2n) is 5.67. The second-order valence-corrected chi connectivity index (χ2v) is 5.67. The van der Waals surface area contributed by atoms with Crippen LogP contribution in [0.2, 0.25) is 0 Å². The lowest BCUT2D eigenvalue weighted by atomic mass is 10.1. The molecule has 3 nitrogen and oxygen atoms in total. The molecule has 3 heteroatoms. The van der Waals surface area contributed by atoms with E-state index in [1.165, 1.54) is 24.0 Å². The topological polar surface area (TPSA) is 37.8 Å². The van der Waals surface area contributed by atoms with E-state index in [-0.39, 0.29) is 0 Å². The fourth-order valence-corrected chi connectivity index (χ4v) is 2.47. The normalized spacial score (nSPS) is 14.6. The molecule has 1 N–H and O–H groups in total. The van der Waals surface area contributed by atoms with Gasteiger partial charge in [0.15, 0.2) is 5.82 Å².